The van der Waals surface area contributed by atoms with Crippen LogP contribution in [-0.2, 0) is 28.8 Å². The summed E-state index contributed by atoms with van der Waals surface area (Å²) in [6, 6.07) is 3.16. The molecule has 2 atom stereocenters. The molecule has 0 spiro atoms. The van der Waals surface area contributed by atoms with E-state index in [2.05, 4.69) is 10.6 Å². The van der Waals surface area contributed by atoms with E-state index in [1.54, 1.807) is 24.3 Å². The van der Waals surface area contributed by atoms with Gasteiger partial charge in [-0.15, -0.1) is 0 Å². The first-order chi connectivity index (χ1) is 17.4. The number of carboxylic acid groups (broad SMARTS) is 3. The third-order valence-electron chi connectivity index (χ3n) is 3.89. The highest BCUT2D eigenvalue weighted by Gasteiger charge is 2.38. The van der Waals surface area contributed by atoms with Gasteiger partial charge in [0.05, 0.1) is 12.8 Å². The molecule has 3 amide bonds. The van der Waals surface area contributed by atoms with Crippen LogP contribution in [0.2, 0.25) is 0 Å². The van der Waals surface area contributed by atoms with E-state index in [1.165, 1.54) is 6.08 Å². The number of primary amides is 1. The molecule has 1 aromatic carbocycles. The van der Waals surface area contributed by atoms with E-state index >= 15 is 0 Å². The molecule has 15 nitrogen and oxygen atoms in total. The fraction of sp³-hybridized carbons (Fsp3) is 0.250. The first-order valence-corrected chi connectivity index (χ1v) is 9.95. The van der Waals surface area contributed by atoms with Gasteiger partial charge in [0.25, 0.3) is 0 Å². The van der Waals surface area contributed by atoms with Crippen LogP contribution in [0.15, 0.2) is 30.3 Å². The zero-order chi connectivity index (χ0) is 29.6. The van der Waals surface area contributed by atoms with Gasteiger partial charge in [0.15, 0.2) is 5.96 Å². The first-order valence-electron chi connectivity index (χ1n) is 9.95. The Morgan fingerprint density at radius 3 is 1.84 bits per heavy atom. The molecule has 0 saturated carbocycles. The third kappa shape index (κ3) is 14.3. The van der Waals surface area contributed by atoms with Crippen molar-refractivity contribution in [1.82, 2.24) is 10.6 Å². The lowest BCUT2D eigenvalue weighted by Crippen LogP contribution is -2.52. The van der Waals surface area contributed by atoms with Gasteiger partial charge in [-0.25, -0.2) is 9.59 Å². The van der Waals surface area contributed by atoms with E-state index in [0.29, 0.717) is 11.3 Å². The van der Waals surface area contributed by atoms with E-state index in [1.807, 2.05) is 5.32 Å². The fourth-order valence-corrected chi connectivity index (χ4v) is 2.28. The quantitative estimate of drug-likeness (QED) is 0.0922. The standard InChI is InChI=1S/C18H22N6O7.C2HF3O2/c19-13(25)7-12(17(30)31)24-16(29)11(8-15(27)28)23-14(26)6-3-9-1-4-10(5-2-9)22-18(20)21;3-2(4,5)1(6)7/h1-6,11-12H,7-8H2,(H2,19,25)(H,23,26)(H,24,29)(H,27,28)(H,30,31)(H4,20,21,22);(H,6,7)/t11-,12-;/m0./s1. The molecular weight excluding hydrogens is 525 g/mol. The second-order valence-corrected chi connectivity index (χ2v) is 7.03. The summed E-state index contributed by atoms with van der Waals surface area (Å²) in [5, 5.41) is 39.0. The molecule has 0 fully saturated rings. The Kier molecular flexibility index (Phi) is 13.0. The number of benzene rings is 1. The first kappa shape index (κ1) is 32.8. The summed E-state index contributed by atoms with van der Waals surface area (Å²) in [5.74, 6) is -8.86. The lowest BCUT2D eigenvalue weighted by atomic mass is 10.1. The van der Waals surface area contributed by atoms with Crippen LogP contribution in [0.25, 0.3) is 6.08 Å². The van der Waals surface area contributed by atoms with Crippen LogP contribution >= 0.6 is 0 Å². The molecule has 0 heterocycles. The van der Waals surface area contributed by atoms with Crippen molar-refractivity contribution in [1.29, 1.82) is 5.41 Å². The number of carboxylic acids is 3. The zero-order valence-corrected chi connectivity index (χ0v) is 19.1. The minimum absolute atomic E-state index is 0.244. The van der Waals surface area contributed by atoms with Crippen molar-refractivity contribution in [3.63, 3.8) is 0 Å². The number of hydrogen-bond acceptors (Lipinski definition) is 7. The normalized spacial score (nSPS) is 12.2. The lowest BCUT2D eigenvalue weighted by Gasteiger charge is -2.19. The van der Waals surface area contributed by atoms with Crippen molar-refractivity contribution >= 4 is 53.4 Å². The topological polar surface area (TPSA) is 275 Å². The molecule has 1 rings (SSSR count). The minimum atomic E-state index is -5.08. The number of nitrogens with one attached hydrogen (secondary N) is 4. The van der Waals surface area contributed by atoms with Gasteiger partial charge in [-0.3, -0.25) is 24.6 Å². The van der Waals surface area contributed by atoms with Gasteiger partial charge < -0.3 is 42.7 Å². The van der Waals surface area contributed by atoms with E-state index < -0.39 is 66.7 Å². The van der Waals surface area contributed by atoms with Crippen LogP contribution in [0.1, 0.15) is 18.4 Å². The highest BCUT2D eigenvalue weighted by molar-refractivity contribution is 5.98. The van der Waals surface area contributed by atoms with Crippen molar-refractivity contribution in [3.8, 4) is 0 Å². The lowest BCUT2D eigenvalue weighted by molar-refractivity contribution is -0.192. The van der Waals surface area contributed by atoms with Crippen molar-refractivity contribution in [3.05, 3.63) is 35.9 Å². The molecule has 0 saturated heterocycles. The molecule has 0 radical (unpaired) electrons. The van der Waals surface area contributed by atoms with E-state index in [4.69, 9.17) is 37.0 Å². The highest BCUT2D eigenvalue weighted by atomic mass is 19.4. The van der Waals surface area contributed by atoms with Crippen LogP contribution in [0.5, 0.6) is 0 Å². The average molecular weight is 548 g/mol. The number of hydrogen-bond donors (Lipinski definition) is 9. The van der Waals surface area contributed by atoms with Crippen LogP contribution < -0.4 is 27.4 Å². The summed E-state index contributed by atoms with van der Waals surface area (Å²) in [4.78, 5) is 66.3. The summed E-state index contributed by atoms with van der Waals surface area (Å²) in [6.45, 7) is 0. The van der Waals surface area contributed by atoms with Crippen LogP contribution in [0, 0.1) is 5.41 Å². The van der Waals surface area contributed by atoms with Gasteiger partial charge in [0.2, 0.25) is 17.7 Å². The van der Waals surface area contributed by atoms with Crippen molar-refractivity contribution in [2.75, 3.05) is 5.32 Å². The number of amides is 3. The molecule has 11 N–H and O–H groups in total. The van der Waals surface area contributed by atoms with Crippen molar-refractivity contribution in [2.24, 2.45) is 11.5 Å². The zero-order valence-electron chi connectivity index (χ0n) is 19.1. The maximum Gasteiger partial charge on any atom is 0.490 e. The Bertz CT molecular complexity index is 1090. The number of carbonyl (C=O) groups is 6. The number of guanidine groups is 1. The van der Waals surface area contributed by atoms with Crippen LogP contribution in [0.3, 0.4) is 0 Å². The molecule has 0 bridgehead atoms. The largest absolute Gasteiger partial charge is 0.490 e. The molecular formula is C20H23F3N6O9. The molecule has 38 heavy (non-hydrogen) atoms. The number of halogens is 3. The van der Waals surface area contributed by atoms with Crippen LogP contribution in [-0.4, -0.2) is 75.2 Å². The Morgan fingerprint density at radius 2 is 1.45 bits per heavy atom. The van der Waals surface area contributed by atoms with E-state index in [0.717, 1.165) is 6.08 Å². The average Bonchev–Trinajstić information content (AvgIpc) is 2.76. The Labute approximate surface area is 211 Å². The number of alkyl halides is 3. The van der Waals surface area contributed by atoms with Gasteiger partial charge in [0.1, 0.15) is 12.1 Å². The molecule has 0 aromatic heterocycles. The molecule has 0 aliphatic heterocycles. The summed E-state index contributed by atoms with van der Waals surface area (Å²) >= 11 is 0. The van der Waals surface area contributed by atoms with Gasteiger partial charge in [-0.05, 0) is 23.8 Å². The van der Waals surface area contributed by atoms with Crippen molar-refractivity contribution < 1.29 is 57.3 Å². The predicted octanol–water partition coefficient (Wildman–Crippen LogP) is -0.957. The van der Waals surface area contributed by atoms with Crippen LogP contribution in [0.4, 0.5) is 18.9 Å². The highest BCUT2D eigenvalue weighted by Crippen LogP contribution is 2.13. The smallest absolute Gasteiger partial charge is 0.481 e. The van der Waals surface area contributed by atoms with Gasteiger partial charge in [-0.2, -0.15) is 13.2 Å². The van der Waals surface area contributed by atoms with E-state index in [-0.39, 0.29) is 5.96 Å². The second-order valence-electron chi connectivity index (χ2n) is 7.03. The van der Waals surface area contributed by atoms with E-state index in [9.17, 15) is 37.1 Å². The molecule has 1 aromatic rings. The fourth-order valence-electron chi connectivity index (χ4n) is 2.28. The third-order valence-corrected chi connectivity index (χ3v) is 3.89. The van der Waals surface area contributed by atoms with Crippen molar-refractivity contribution in [2.45, 2.75) is 31.1 Å². The monoisotopic (exact) mass is 548 g/mol. The maximum absolute atomic E-state index is 12.2. The predicted molar refractivity (Wildman–Crippen MR) is 122 cm³/mol. The molecule has 208 valence electrons. The maximum atomic E-state index is 12.2. The summed E-state index contributed by atoms with van der Waals surface area (Å²) in [5.41, 5.74) is 11.3. The molecule has 0 aliphatic rings. The van der Waals surface area contributed by atoms with Gasteiger partial charge in [0, 0.05) is 11.8 Å². The summed E-state index contributed by atoms with van der Waals surface area (Å²) < 4.78 is 31.7. The Hall–Kier alpha value is -5.16. The molecule has 18 heteroatoms. The SMILES string of the molecule is N=C(N)Nc1ccc(C=CC(=O)N[C@@H](CC(=O)O)C(=O)N[C@@H](CC(N)=O)C(=O)O)cc1.O=C(O)C(F)(F)F. The molecule has 0 aliphatic carbocycles. The van der Waals surface area contributed by atoms with Gasteiger partial charge in [-0.1, -0.05) is 12.1 Å². The number of aliphatic carboxylic acids is 3. The number of nitrogens with two attached hydrogens (primary N) is 2. The number of rotatable bonds is 11. The minimum Gasteiger partial charge on any atom is -0.481 e. The Balaban J connectivity index is 0.00000171. The summed E-state index contributed by atoms with van der Waals surface area (Å²) in [6.07, 6.45) is -4.17. The molecule has 0 unspecified atom stereocenters. The Morgan fingerprint density at radius 1 is 0.921 bits per heavy atom. The number of carbonyl (C=O) groups excluding carboxylic acids is 3. The second kappa shape index (κ2) is 15.1. The number of anilines is 1. The summed E-state index contributed by atoms with van der Waals surface area (Å²) in [7, 11) is 0. The van der Waals surface area contributed by atoms with Gasteiger partial charge >= 0.3 is 24.1 Å².